The molecule has 0 bridgehead atoms. The second-order valence-electron chi connectivity index (χ2n) is 3.16. The highest BCUT2D eigenvalue weighted by molar-refractivity contribution is 7.12. The number of nitrogens with zero attached hydrogens (tertiary/aromatic N) is 2. The largest absolute Gasteiger partial charge is 0.249 e. The van der Waals surface area contributed by atoms with Gasteiger partial charge in [0, 0.05) is 18.2 Å². The number of hydrazine groups is 1. The summed E-state index contributed by atoms with van der Waals surface area (Å²) in [6, 6.07) is 6.73. The van der Waals surface area contributed by atoms with E-state index < -0.39 is 0 Å². The number of rotatable bonds is 1. The first kappa shape index (κ1) is 9.52. The van der Waals surface area contributed by atoms with Gasteiger partial charge >= 0.3 is 0 Å². The van der Waals surface area contributed by atoms with Gasteiger partial charge in [-0.2, -0.15) is 0 Å². The predicted molar refractivity (Wildman–Crippen MR) is 65.6 cm³/mol. The molecule has 0 aliphatic carbocycles. The van der Waals surface area contributed by atoms with Gasteiger partial charge < -0.3 is 0 Å². The molecule has 2 aliphatic heterocycles. The van der Waals surface area contributed by atoms with Gasteiger partial charge in [0.2, 0.25) is 0 Å². The molecular weight excluding hydrogens is 242 g/mol. The summed E-state index contributed by atoms with van der Waals surface area (Å²) in [5.41, 5.74) is 3.71. The van der Waals surface area contributed by atoms with E-state index in [4.69, 9.17) is 11.6 Å². The van der Waals surface area contributed by atoms with Crippen molar-refractivity contribution in [3.63, 3.8) is 0 Å². The Morgan fingerprint density at radius 3 is 3.25 bits per heavy atom. The Morgan fingerprint density at radius 2 is 2.44 bits per heavy atom. The van der Waals surface area contributed by atoms with Gasteiger partial charge in [-0.15, -0.1) is 11.3 Å². The van der Waals surface area contributed by atoms with Crippen molar-refractivity contribution in [3.05, 3.63) is 45.5 Å². The summed E-state index contributed by atoms with van der Waals surface area (Å²) >= 11 is 7.78. The molecule has 0 fully saturated rings. The minimum absolute atomic E-state index is 0.568. The van der Waals surface area contributed by atoms with Crippen molar-refractivity contribution in [1.29, 1.82) is 0 Å². The number of hydrogen-bond acceptors (Lipinski definition) is 4. The maximum atomic E-state index is 6.14. The van der Waals surface area contributed by atoms with Crippen molar-refractivity contribution in [2.24, 2.45) is 4.99 Å². The van der Waals surface area contributed by atoms with E-state index in [-0.39, 0.29) is 0 Å². The van der Waals surface area contributed by atoms with Crippen LogP contribution in [0.2, 0.25) is 0 Å². The number of hydrogen-bond donors (Lipinski definition) is 1. The molecule has 1 aromatic heterocycles. The molecule has 0 unspecified atom stereocenters. The third kappa shape index (κ3) is 1.51. The number of allylic oxidation sites excluding steroid dienone is 2. The first-order chi connectivity index (χ1) is 7.84. The molecule has 3 heterocycles. The smallest absolute Gasteiger partial charge is 0.162 e. The van der Waals surface area contributed by atoms with Crippen LogP contribution in [0.15, 0.2) is 45.6 Å². The van der Waals surface area contributed by atoms with Gasteiger partial charge in [-0.05, 0) is 17.4 Å². The third-order valence-corrected chi connectivity index (χ3v) is 3.32. The van der Waals surface area contributed by atoms with Crippen LogP contribution in [0.3, 0.4) is 0 Å². The SMILES string of the molecule is ClC1=CC(c2cccs2)=NC2=CC#CNN12. The first-order valence-electron chi connectivity index (χ1n) is 4.61. The molecule has 5 heteroatoms. The molecule has 0 amide bonds. The zero-order valence-electron chi connectivity index (χ0n) is 8.07. The van der Waals surface area contributed by atoms with Crippen LogP contribution in [0, 0.1) is 12.0 Å². The Hall–Kier alpha value is -1.70. The average Bonchev–Trinajstić information content (AvgIpc) is 2.82. The number of fused-ring (bicyclic) bond motifs is 1. The topological polar surface area (TPSA) is 27.6 Å². The minimum Gasteiger partial charge on any atom is -0.249 e. The lowest BCUT2D eigenvalue weighted by Crippen LogP contribution is -2.35. The average molecular weight is 248 g/mol. The van der Waals surface area contributed by atoms with Gasteiger partial charge in [0.15, 0.2) is 5.82 Å². The number of aliphatic imine (C=N–C) groups is 1. The molecule has 3 nitrogen and oxygen atoms in total. The van der Waals surface area contributed by atoms with Crippen molar-refractivity contribution >= 4 is 28.6 Å². The Balaban J connectivity index is 2.07. The third-order valence-electron chi connectivity index (χ3n) is 2.15. The minimum atomic E-state index is 0.568. The Labute approximate surface area is 102 Å². The van der Waals surface area contributed by atoms with Crippen molar-refractivity contribution in [2.45, 2.75) is 0 Å². The molecule has 0 spiro atoms. The summed E-state index contributed by atoms with van der Waals surface area (Å²) < 4.78 is 0. The van der Waals surface area contributed by atoms with E-state index in [9.17, 15) is 0 Å². The van der Waals surface area contributed by atoms with Crippen molar-refractivity contribution in [3.8, 4) is 12.0 Å². The van der Waals surface area contributed by atoms with Crippen LogP contribution in [0.25, 0.3) is 0 Å². The van der Waals surface area contributed by atoms with Crippen LogP contribution in [-0.4, -0.2) is 10.7 Å². The fourth-order valence-electron chi connectivity index (χ4n) is 1.44. The molecule has 0 atom stereocenters. The van der Waals surface area contributed by atoms with E-state index in [2.05, 4.69) is 22.4 Å². The molecule has 0 aromatic carbocycles. The van der Waals surface area contributed by atoms with Gasteiger partial charge in [-0.25, -0.2) is 15.4 Å². The highest BCUT2D eigenvalue weighted by Crippen LogP contribution is 2.24. The standard InChI is InChI=1S/C11H6ClN3S/c12-10-7-8(9-3-2-6-16-9)14-11-4-1-5-13-15(10)11/h2-4,6-7,13H. The molecular formula is C11H6ClN3S. The quantitative estimate of drug-likeness (QED) is 0.609. The van der Waals surface area contributed by atoms with Crippen molar-refractivity contribution in [1.82, 2.24) is 10.4 Å². The van der Waals surface area contributed by atoms with Gasteiger partial charge in [0.25, 0.3) is 0 Å². The Kier molecular flexibility index (Phi) is 2.21. The van der Waals surface area contributed by atoms with E-state index in [1.807, 2.05) is 23.6 Å². The molecule has 1 N–H and O–H groups in total. The van der Waals surface area contributed by atoms with Gasteiger partial charge in [-0.3, -0.25) is 0 Å². The normalized spacial score (nSPS) is 17.3. The highest BCUT2D eigenvalue weighted by Gasteiger charge is 2.20. The summed E-state index contributed by atoms with van der Waals surface area (Å²) in [7, 11) is 0. The van der Waals surface area contributed by atoms with Crippen LogP contribution >= 0.6 is 22.9 Å². The summed E-state index contributed by atoms with van der Waals surface area (Å²) in [6.45, 7) is 0. The van der Waals surface area contributed by atoms with Crippen molar-refractivity contribution in [2.75, 3.05) is 0 Å². The summed E-state index contributed by atoms with van der Waals surface area (Å²) in [4.78, 5) is 5.58. The second kappa shape index (κ2) is 3.71. The molecule has 2 aliphatic rings. The van der Waals surface area contributed by atoms with Crippen LogP contribution in [0.5, 0.6) is 0 Å². The number of halogens is 1. The van der Waals surface area contributed by atoms with Gasteiger partial charge in [0.05, 0.1) is 10.6 Å². The fraction of sp³-hybridized carbons (Fsp3) is 0. The molecule has 78 valence electrons. The molecule has 0 radical (unpaired) electrons. The van der Waals surface area contributed by atoms with E-state index in [0.717, 1.165) is 16.4 Å². The van der Waals surface area contributed by atoms with Crippen LogP contribution in [-0.2, 0) is 0 Å². The molecule has 1 aromatic rings. The zero-order valence-corrected chi connectivity index (χ0v) is 9.64. The lowest BCUT2D eigenvalue weighted by atomic mass is 10.2. The number of nitrogens with one attached hydrogen (secondary N) is 1. The zero-order chi connectivity index (χ0) is 11.0. The molecule has 0 saturated carbocycles. The summed E-state index contributed by atoms with van der Waals surface area (Å²) in [5.74, 6) is 3.53. The molecule has 16 heavy (non-hydrogen) atoms. The summed E-state index contributed by atoms with van der Waals surface area (Å²) in [6.07, 6.45) is 3.56. The van der Waals surface area contributed by atoms with Crippen LogP contribution in [0.1, 0.15) is 4.88 Å². The lowest BCUT2D eigenvalue weighted by Gasteiger charge is -2.26. The molecule has 3 rings (SSSR count). The second-order valence-corrected chi connectivity index (χ2v) is 4.50. The maximum absolute atomic E-state index is 6.14. The van der Waals surface area contributed by atoms with E-state index >= 15 is 0 Å². The Bertz CT molecular complexity index is 572. The Morgan fingerprint density at radius 1 is 1.50 bits per heavy atom. The fourth-order valence-corrected chi connectivity index (χ4v) is 2.36. The highest BCUT2D eigenvalue weighted by atomic mass is 35.5. The lowest BCUT2D eigenvalue weighted by molar-refractivity contribution is 0.385. The van der Waals surface area contributed by atoms with Crippen LogP contribution < -0.4 is 5.43 Å². The van der Waals surface area contributed by atoms with Crippen molar-refractivity contribution < 1.29 is 0 Å². The van der Waals surface area contributed by atoms with Gasteiger partial charge in [0.1, 0.15) is 5.16 Å². The predicted octanol–water partition coefficient (Wildman–Crippen LogP) is 2.25. The first-order valence-corrected chi connectivity index (χ1v) is 5.86. The van der Waals surface area contributed by atoms with Gasteiger partial charge in [-0.1, -0.05) is 17.7 Å². The van der Waals surface area contributed by atoms with E-state index in [0.29, 0.717) is 5.16 Å². The molecule has 0 saturated heterocycles. The monoisotopic (exact) mass is 247 g/mol. The van der Waals surface area contributed by atoms with Crippen LogP contribution in [0.4, 0.5) is 0 Å². The van der Waals surface area contributed by atoms with E-state index in [1.54, 1.807) is 22.4 Å². The maximum Gasteiger partial charge on any atom is 0.162 e. The summed E-state index contributed by atoms with van der Waals surface area (Å²) in [5, 5.41) is 4.23. The number of thiophene rings is 1. The van der Waals surface area contributed by atoms with E-state index in [1.165, 1.54) is 0 Å².